The molecular weight excluding hydrogens is 120 g/mol. The minimum absolute atomic E-state index is 0.0150. The van der Waals surface area contributed by atoms with E-state index in [1.165, 1.54) is 0 Å². The van der Waals surface area contributed by atoms with Crippen LogP contribution < -0.4 is 0 Å². The van der Waals surface area contributed by atoms with Crippen LogP contribution in [0.2, 0.25) is 6.04 Å². The van der Waals surface area contributed by atoms with Crippen molar-refractivity contribution in [1.29, 1.82) is 0 Å². The van der Waals surface area contributed by atoms with E-state index in [0.29, 0.717) is 12.5 Å². The van der Waals surface area contributed by atoms with E-state index < -0.39 is 8.68 Å². The molecule has 0 aromatic rings. The predicted octanol–water partition coefficient (Wildman–Crippen LogP) is 0.701. The molecule has 1 fully saturated rings. The zero-order valence-corrected chi connectivity index (χ0v) is 5.64. The van der Waals surface area contributed by atoms with Crippen molar-refractivity contribution in [2.45, 2.75) is 25.3 Å². The van der Waals surface area contributed by atoms with Gasteiger partial charge < -0.3 is 4.46 Å². The van der Waals surface area contributed by atoms with Gasteiger partial charge in [0.2, 0.25) is 0 Å². The lowest BCUT2D eigenvalue weighted by atomic mass is 10.3. The Morgan fingerprint density at radius 1 is 1.38 bits per heavy atom. The predicted molar refractivity (Wildman–Crippen MR) is 30.1 cm³/mol. The smallest absolute Gasteiger partial charge is 0.349 e. The van der Waals surface area contributed by atoms with Crippen molar-refractivity contribution in [3.63, 3.8) is 0 Å². The fraction of sp³-hybridized carbons (Fsp3) is 0.800. The average molecular weight is 128 g/mol. The van der Waals surface area contributed by atoms with Gasteiger partial charge in [0, 0.05) is 6.42 Å². The molecule has 0 radical (unpaired) electrons. The quantitative estimate of drug-likeness (QED) is 0.450. The van der Waals surface area contributed by atoms with Crippen LogP contribution in [-0.4, -0.2) is 14.1 Å². The largest absolute Gasteiger partial charge is 0.379 e. The van der Waals surface area contributed by atoms with E-state index in [1.54, 1.807) is 0 Å². The first-order chi connectivity index (χ1) is 3.80. The SMILES string of the molecule is O=C1CCCC[Si]1=O. The van der Waals surface area contributed by atoms with Crippen molar-refractivity contribution < 1.29 is 9.26 Å². The normalized spacial score (nSPS) is 21.5. The molecule has 0 N–H and O–H groups in total. The lowest BCUT2D eigenvalue weighted by Gasteiger charge is -2.03. The highest BCUT2D eigenvalue weighted by Crippen LogP contribution is 2.09. The molecule has 0 atom stereocenters. The van der Waals surface area contributed by atoms with E-state index in [9.17, 15) is 9.26 Å². The van der Waals surface area contributed by atoms with Crippen molar-refractivity contribution in [2.24, 2.45) is 0 Å². The van der Waals surface area contributed by atoms with Gasteiger partial charge in [-0.3, -0.25) is 4.79 Å². The lowest BCUT2D eigenvalue weighted by Crippen LogP contribution is -2.19. The fourth-order valence-electron chi connectivity index (χ4n) is 0.850. The molecule has 0 aliphatic carbocycles. The van der Waals surface area contributed by atoms with Gasteiger partial charge in [0.05, 0.1) is 0 Å². The number of carbonyl (C=O) groups excluding carboxylic acids is 1. The molecule has 0 bridgehead atoms. The third-order valence-corrected chi connectivity index (χ3v) is 3.05. The summed E-state index contributed by atoms with van der Waals surface area (Å²) in [4.78, 5) is 10.5. The number of hydrogen-bond donors (Lipinski definition) is 0. The Morgan fingerprint density at radius 3 is 2.50 bits per heavy atom. The third-order valence-electron chi connectivity index (χ3n) is 1.37. The molecule has 8 heavy (non-hydrogen) atoms. The summed E-state index contributed by atoms with van der Waals surface area (Å²) in [5.74, 6) is 0. The number of carbonyl (C=O) groups is 1. The van der Waals surface area contributed by atoms with Gasteiger partial charge in [0.25, 0.3) is 0 Å². The number of hydrogen-bond acceptors (Lipinski definition) is 2. The Hall–Kier alpha value is -0.313. The monoisotopic (exact) mass is 128 g/mol. The molecule has 0 unspecified atom stereocenters. The van der Waals surface area contributed by atoms with Gasteiger partial charge >= 0.3 is 8.68 Å². The van der Waals surface area contributed by atoms with Crippen LogP contribution in [0.4, 0.5) is 0 Å². The maximum Gasteiger partial charge on any atom is 0.349 e. The highest BCUT2D eigenvalue weighted by atomic mass is 28.3. The van der Waals surface area contributed by atoms with Gasteiger partial charge in [-0.15, -0.1) is 0 Å². The molecule has 3 heteroatoms. The topological polar surface area (TPSA) is 34.1 Å². The fourth-order valence-corrected chi connectivity index (χ4v) is 2.16. The molecule has 0 spiro atoms. The van der Waals surface area contributed by atoms with Crippen LogP contribution >= 0.6 is 0 Å². The second-order valence-corrected chi connectivity index (χ2v) is 3.96. The summed E-state index contributed by atoms with van der Waals surface area (Å²) in [7, 11) is -1.76. The summed E-state index contributed by atoms with van der Waals surface area (Å²) in [5, 5.41) is 0.0150. The van der Waals surface area contributed by atoms with Gasteiger partial charge in [-0.05, 0) is 18.9 Å². The second-order valence-electron chi connectivity index (χ2n) is 2.05. The van der Waals surface area contributed by atoms with E-state index in [1.807, 2.05) is 0 Å². The molecule has 44 valence electrons. The molecule has 2 nitrogen and oxygen atoms in total. The number of rotatable bonds is 0. The lowest BCUT2D eigenvalue weighted by molar-refractivity contribution is -0.113. The summed E-state index contributed by atoms with van der Waals surface area (Å²) in [5.41, 5.74) is 0. The van der Waals surface area contributed by atoms with Crippen molar-refractivity contribution in [1.82, 2.24) is 0 Å². The molecule has 0 aromatic carbocycles. The first kappa shape index (κ1) is 5.82. The Morgan fingerprint density at radius 2 is 2.12 bits per heavy atom. The first-order valence-corrected chi connectivity index (χ1v) is 4.48. The highest BCUT2D eigenvalue weighted by molar-refractivity contribution is 6.79. The second kappa shape index (κ2) is 2.30. The summed E-state index contributed by atoms with van der Waals surface area (Å²) in [6.45, 7) is 0. The zero-order valence-electron chi connectivity index (χ0n) is 4.64. The van der Waals surface area contributed by atoms with Crippen molar-refractivity contribution in [3.05, 3.63) is 0 Å². The molecule has 0 amide bonds. The molecule has 0 aromatic heterocycles. The highest BCUT2D eigenvalue weighted by Gasteiger charge is 2.19. The maximum absolute atomic E-state index is 10.6. The van der Waals surface area contributed by atoms with Crippen LogP contribution in [0.1, 0.15) is 19.3 Å². The molecule has 1 aliphatic heterocycles. The van der Waals surface area contributed by atoms with E-state index in [-0.39, 0.29) is 5.41 Å². The summed E-state index contributed by atoms with van der Waals surface area (Å²) in [6.07, 6.45) is 2.51. The Labute approximate surface area is 49.6 Å². The molecule has 1 heterocycles. The van der Waals surface area contributed by atoms with Crippen LogP contribution in [0, 0.1) is 0 Å². The van der Waals surface area contributed by atoms with Crippen LogP contribution in [0.5, 0.6) is 0 Å². The van der Waals surface area contributed by atoms with Crippen molar-refractivity contribution in [3.8, 4) is 0 Å². The van der Waals surface area contributed by atoms with Crippen molar-refractivity contribution >= 4 is 14.1 Å². The van der Waals surface area contributed by atoms with E-state index in [4.69, 9.17) is 0 Å². The summed E-state index contributed by atoms with van der Waals surface area (Å²) >= 11 is 0. The average Bonchev–Trinajstić information content (AvgIpc) is 1.77. The Bertz CT molecular complexity index is 114. The molecule has 0 saturated carbocycles. The van der Waals surface area contributed by atoms with Gasteiger partial charge in [0.1, 0.15) is 0 Å². The molecule has 1 rings (SSSR count). The van der Waals surface area contributed by atoms with Gasteiger partial charge in [-0.2, -0.15) is 0 Å². The minimum Gasteiger partial charge on any atom is -0.379 e. The Kier molecular flexibility index (Phi) is 1.68. The maximum atomic E-state index is 10.6. The van der Waals surface area contributed by atoms with Crippen LogP contribution in [0.25, 0.3) is 0 Å². The third kappa shape index (κ3) is 1.09. The van der Waals surface area contributed by atoms with Crippen LogP contribution in [0.3, 0.4) is 0 Å². The van der Waals surface area contributed by atoms with Crippen molar-refractivity contribution in [2.75, 3.05) is 0 Å². The zero-order chi connectivity index (χ0) is 5.98. The van der Waals surface area contributed by atoms with E-state index in [0.717, 1.165) is 12.8 Å². The molecule has 1 saturated heterocycles. The summed E-state index contributed by atoms with van der Waals surface area (Å²) < 4.78 is 10.6. The standard InChI is InChI=1S/C5H8O2Si/c6-5-3-1-2-4-8(5)7/h1-4H2. The van der Waals surface area contributed by atoms with E-state index in [2.05, 4.69) is 0 Å². The van der Waals surface area contributed by atoms with Gasteiger partial charge in [-0.25, -0.2) is 0 Å². The molecule has 1 aliphatic rings. The molecular formula is C5H8O2Si. The van der Waals surface area contributed by atoms with Crippen LogP contribution in [0.15, 0.2) is 0 Å². The minimum atomic E-state index is -1.76. The van der Waals surface area contributed by atoms with Crippen LogP contribution in [-0.2, 0) is 9.26 Å². The first-order valence-electron chi connectivity index (χ1n) is 2.87. The summed E-state index contributed by atoms with van der Waals surface area (Å²) in [6, 6.07) is 0.670. The van der Waals surface area contributed by atoms with Gasteiger partial charge in [0.15, 0.2) is 5.41 Å². The van der Waals surface area contributed by atoms with Gasteiger partial charge in [-0.1, -0.05) is 0 Å². The van der Waals surface area contributed by atoms with E-state index >= 15 is 0 Å². The Balaban J connectivity index is 2.52.